The van der Waals surface area contributed by atoms with E-state index < -0.39 is 17.6 Å². The van der Waals surface area contributed by atoms with Gasteiger partial charge in [-0.2, -0.15) is 0 Å². The standard InChI is InChI=1S/C10H11FN2O2/c1-6-3-4-7(5-8(6)11)13-10(15)9(14)12-2/h3-5H,1-2H3,(H,12,14)(H,13,15). The van der Waals surface area contributed by atoms with Crippen molar-refractivity contribution in [2.45, 2.75) is 6.92 Å². The molecule has 0 fully saturated rings. The molecule has 0 aromatic heterocycles. The molecule has 80 valence electrons. The summed E-state index contributed by atoms with van der Waals surface area (Å²) < 4.78 is 13.1. The molecule has 1 aromatic carbocycles. The Morgan fingerprint density at radius 3 is 2.47 bits per heavy atom. The summed E-state index contributed by atoms with van der Waals surface area (Å²) in [5.74, 6) is -2.01. The first-order valence-electron chi connectivity index (χ1n) is 4.34. The summed E-state index contributed by atoms with van der Waals surface area (Å²) in [4.78, 5) is 21.9. The molecule has 0 aliphatic rings. The molecule has 0 atom stereocenters. The van der Waals surface area contributed by atoms with Crippen LogP contribution < -0.4 is 10.6 Å². The van der Waals surface area contributed by atoms with Crippen molar-refractivity contribution in [3.63, 3.8) is 0 Å². The van der Waals surface area contributed by atoms with Crippen LogP contribution in [0.3, 0.4) is 0 Å². The van der Waals surface area contributed by atoms with Crippen molar-refractivity contribution >= 4 is 17.5 Å². The summed E-state index contributed by atoms with van der Waals surface area (Å²) in [5.41, 5.74) is 0.736. The van der Waals surface area contributed by atoms with E-state index in [-0.39, 0.29) is 5.69 Å². The van der Waals surface area contributed by atoms with Gasteiger partial charge < -0.3 is 10.6 Å². The van der Waals surface area contributed by atoms with E-state index in [0.29, 0.717) is 5.56 Å². The van der Waals surface area contributed by atoms with Crippen molar-refractivity contribution in [1.82, 2.24) is 5.32 Å². The number of amides is 2. The molecule has 15 heavy (non-hydrogen) atoms. The van der Waals surface area contributed by atoms with Gasteiger partial charge in [-0.3, -0.25) is 9.59 Å². The van der Waals surface area contributed by atoms with Gasteiger partial charge in [-0.15, -0.1) is 0 Å². The van der Waals surface area contributed by atoms with Gasteiger partial charge in [0, 0.05) is 12.7 Å². The quantitative estimate of drug-likeness (QED) is 0.674. The molecule has 1 rings (SSSR count). The van der Waals surface area contributed by atoms with Crippen molar-refractivity contribution in [3.8, 4) is 0 Å². The Kier molecular flexibility index (Phi) is 3.38. The highest BCUT2D eigenvalue weighted by Crippen LogP contribution is 2.13. The molecule has 0 unspecified atom stereocenters. The third-order valence-corrected chi connectivity index (χ3v) is 1.86. The third-order valence-electron chi connectivity index (χ3n) is 1.86. The van der Waals surface area contributed by atoms with Crippen LogP contribution in [0.4, 0.5) is 10.1 Å². The van der Waals surface area contributed by atoms with Crippen LogP contribution >= 0.6 is 0 Å². The van der Waals surface area contributed by atoms with Crippen LogP contribution in [0.15, 0.2) is 18.2 Å². The predicted molar refractivity (Wildman–Crippen MR) is 53.8 cm³/mol. The van der Waals surface area contributed by atoms with Crippen LogP contribution in [0.1, 0.15) is 5.56 Å². The van der Waals surface area contributed by atoms with E-state index in [9.17, 15) is 14.0 Å². The number of carbonyl (C=O) groups is 2. The zero-order valence-electron chi connectivity index (χ0n) is 8.43. The molecule has 0 bridgehead atoms. The molecular weight excluding hydrogens is 199 g/mol. The Morgan fingerprint density at radius 1 is 1.27 bits per heavy atom. The lowest BCUT2D eigenvalue weighted by Gasteiger charge is -2.04. The van der Waals surface area contributed by atoms with Crippen LogP contribution in [-0.2, 0) is 9.59 Å². The fraction of sp³-hybridized carbons (Fsp3) is 0.200. The minimum Gasteiger partial charge on any atom is -0.351 e. The van der Waals surface area contributed by atoms with Gasteiger partial charge in [-0.05, 0) is 24.6 Å². The summed E-state index contributed by atoms with van der Waals surface area (Å²) in [6.07, 6.45) is 0. The lowest BCUT2D eigenvalue weighted by Crippen LogP contribution is -2.32. The van der Waals surface area contributed by atoms with Crippen LogP contribution in [0.2, 0.25) is 0 Å². The molecule has 0 aliphatic heterocycles. The molecule has 0 saturated heterocycles. The van der Waals surface area contributed by atoms with E-state index in [1.807, 2.05) is 0 Å². The predicted octanol–water partition coefficient (Wildman–Crippen LogP) is 0.819. The number of hydrogen-bond acceptors (Lipinski definition) is 2. The average Bonchev–Trinajstić information content (AvgIpc) is 2.22. The summed E-state index contributed by atoms with van der Waals surface area (Å²) in [6.45, 7) is 1.61. The monoisotopic (exact) mass is 210 g/mol. The highest BCUT2D eigenvalue weighted by molar-refractivity contribution is 6.39. The molecule has 0 saturated carbocycles. The molecular formula is C10H11FN2O2. The first-order valence-corrected chi connectivity index (χ1v) is 4.34. The minimum absolute atomic E-state index is 0.256. The van der Waals surface area contributed by atoms with Gasteiger partial charge in [0.2, 0.25) is 0 Å². The normalized spacial score (nSPS) is 9.53. The summed E-state index contributed by atoms with van der Waals surface area (Å²) in [6, 6.07) is 4.21. The van der Waals surface area contributed by atoms with Gasteiger partial charge in [0.15, 0.2) is 0 Å². The van der Waals surface area contributed by atoms with E-state index in [4.69, 9.17) is 0 Å². The average molecular weight is 210 g/mol. The van der Waals surface area contributed by atoms with Crippen LogP contribution in [0.25, 0.3) is 0 Å². The van der Waals surface area contributed by atoms with Gasteiger partial charge >= 0.3 is 11.8 Å². The second kappa shape index (κ2) is 4.54. The van der Waals surface area contributed by atoms with Crippen molar-refractivity contribution in [2.75, 3.05) is 12.4 Å². The van der Waals surface area contributed by atoms with E-state index >= 15 is 0 Å². The number of halogens is 1. The lowest BCUT2D eigenvalue weighted by molar-refractivity contribution is -0.135. The number of nitrogens with one attached hydrogen (secondary N) is 2. The Hall–Kier alpha value is -1.91. The molecule has 4 nitrogen and oxygen atoms in total. The highest BCUT2D eigenvalue weighted by Gasteiger charge is 2.11. The number of anilines is 1. The largest absolute Gasteiger partial charge is 0.351 e. The summed E-state index contributed by atoms with van der Waals surface area (Å²) >= 11 is 0. The van der Waals surface area contributed by atoms with Gasteiger partial charge in [0.1, 0.15) is 5.82 Å². The zero-order chi connectivity index (χ0) is 11.4. The Bertz CT molecular complexity index is 404. The summed E-state index contributed by atoms with van der Waals surface area (Å²) in [5, 5.41) is 4.44. The number of carbonyl (C=O) groups excluding carboxylic acids is 2. The van der Waals surface area contributed by atoms with Gasteiger partial charge in [-0.25, -0.2) is 4.39 Å². The Balaban J connectivity index is 2.77. The molecule has 5 heteroatoms. The minimum atomic E-state index is -0.819. The second-order valence-electron chi connectivity index (χ2n) is 3.00. The van der Waals surface area contributed by atoms with E-state index in [1.165, 1.54) is 19.2 Å². The third kappa shape index (κ3) is 2.77. The van der Waals surface area contributed by atoms with Crippen molar-refractivity contribution in [2.24, 2.45) is 0 Å². The second-order valence-corrected chi connectivity index (χ2v) is 3.00. The number of likely N-dealkylation sites (N-methyl/N-ethyl adjacent to an activating group) is 1. The fourth-order valence-electron chi connectivity index (χ4n) is 0.972. The number of benzene rings is 1. The molecule has 2 amide bonds. The smallest absolute Gasteiger partial charge is 0.313 e. The Labute approximate surface area is 86.5 Å². The van der Waals surface area contributed by atoms with Gasteiger partial charge in [-0.1, -0.05) is 6.07 Å². The molecule has 0 heterocycles. The van der Waals surface area contributed by atoms with Crippen LogP contribution in [0, 0.1) is 12.7 Å². The lowest BCUT2D eigenvalue weighted by atomic mass is 10.2. The molecule has 0 radical (unpaired) electrons. The van der Waals surface area contributed by atoms with E-state index in [1.54, 1.807) is 6.92 Å². The van der Waals surface area contributed by atoms with Crippen molar-refractivity contribution in [3.05, 3.63) is 29.6 Å². The molecule has 2 N–H and O–H groups in total. The number of aryl methyl sites for hydroxylation is 1. The topological polar surface area (TPSA) is 58.2 Å². The maximum Gasteiger partial charge on any atom is 0.313 e. The Morgan fingerprint density at radius 2 is 1.93 bits per heavy atom. The molecule has 1 aromatic rings. The van der Waals surface area contributed by atoms with Gasteiger partial charge in [0.05, 0.1) is 0 Å². The first kappa shape index (κ1) is 11.2. The van der Waals surface area contributed by atoms with E-state index in [2.05, 4.69) is 10.6 Å². The number of rotatable bonds is 1. The zero-order valence-corrected chi connectivity index (χ0v) is 8.43. The van der Waals surface area contributed by atoms with Gasteiger partial charge in [0.25, 0.3) is 0 Å². The SMILES string of the molecule is CNC(=O)C(=O)Nc1ccc(C)c(F)c1. The maximum absolute atomic E-state index is 13.1. The highest BCUT2D eigenvalue weighted by atomic mass is 19.1. The first-order chi connectivity index (χ1) is 7.04. The number of hydrogen-bond donors (Lipinski definition) is 2. The molecule has 0 aliphatic carbocycles. The summed E-state index contributed by atoms with van der Waals surface area (Å²) in [7, 11) is 1.34. The van der Waals surface area contributed by atoms with Crippen molar-refractivity contribution in [1.29, 1.82) is 0 Å². The van der Waals surface area contributed by atoms with E-state index in [0.717, 1.165) is 6.07 Å². The van der Waals surface area contributed by atoms with Crippen molar-refractivity contribution < 1.29 is 14.0 Å². The van der Waals surface area contributed by atoms with Crippen LogP contribution in [-0.4, -0.2) is 18.9 Å². The van der Waals surface area contributed by atoms with Crippen LogP contribution in [0.5, 0.6) is 0 Å². The fourth-order valence-corrected chi connectivity index (χ4v) is 0.972. The maximum atomic E-state index is 13.1. The molecule has 0 spiro atoms.